The van der Waals surface area contributed by atoms with Crippen LogP contribution in [0.15, 0.2) is 22.8 Å². The first-order valence-corrected chi connectivity index (χ1v) is 7.03. The van der Waals surface area contributed by atoms with Gasteiger partial charge in [0.05, 0.1) is 0 Å². The van der Waals surface area contributed by atoms with Crippen LogP contribution >= 0.6 is 0 Å². The molecule has 0 unspecified atom stereocenters. The molecule has 0 radical (unpaired) electrons. The fourth-order valence-corrected chi connectivity index (χ4v) is 2.73. The van der Waals surface area contributed by atoms with Crippen LogP contribution in [0.25, 0.3) is 11.0 Å². The zero-order valence-corrected chi connectivity index (χ0v) is 12.1. The van der Waals surface area contributed by atoms with Gasteiger partial charge in [-0.3, -0.25) is 4.79 Å². The first kappa shape index (κ1) is 14.3. The average molecular weight is 304 g/mol. The Hall–Kier alpha value is -2.64. The van der Waals surface area contributed by atoms with Gasteiger partial charge in [0.15, 0.2) is 0 Å². The summed E-state index contributed by atoms with van der Waals surface area (Å²) in [5.41, 5.74) is 1.67. The quantitative estimate of drug-likeness (QED) is 0.901. The minimum absolute atomic E-state index is 0.0363. The Bertz CT molecular complexity index is 706. The second-order valence-electron chi connectivity index (χ2n) is 5.38. The lowest BCUT2D eigenvalue weighted by atomic mass is 10.0. The lowest BCUT2D eigenvalue weighted by Crippen LogP contribution is -2.46. The number of carbonyl (C=O) groups excluding carboxylic acids is 1. The predicted molar refractivity (Wildman–Crippen MR) is 76.5 cm³/mol. The molecule has 1 aromatic heterocycles. The molecule has 2 aromatic rings. The molecule has 1 fully saturated rings. The highest BCUT2D eigenvalue weighted by molar-refractivity contribution is 5.97. The van der Waals surface area contributed by atoms with Crippen LogP contribution in [0.3, 0.4) is 0 Å². The van der Waals surface area contributed by atoms with E-state index in [9.17, 15) is 9.59 Å². The zero-order chi connectivity index (χ0) is 15.7. The van der Waals surface area contributed by atoms with Gasteiger partial charge in [0, 0.05) is 31.7 Å². The maximum absolute atomic E-state index is 12.5. The third-order valence-corrected chi connectivity index (χ3v) is 4.10. The molecule has 8 nitrogen and oxygen atoms in total. The third-order valence-electron chi connectivity index (χ3n) is 4.10. The minimum atomic E-state index is -0.906. The van der Waals surface area contributed by atoms with Gasteiger partial charge in [-0.1, -0.05) is 0 Å². The van der Waals surface area contributed by atoms with Gasteiger partial charge >= 0.3 is 6.09 Å². The van der Waals surface area contributed by atoms with Gasteiger partial charge in [0.2, 0.25) is 0 Å². The van der Waals surface area contributed by atoms with Gasteiger partial charge in [-0.2, -0.15) is 0 Å². The molecule has 3 rings (SSSR count). The van der Waals surface area contributed by atoms with Crippen molar-refractivity contribution in [2.24, 2.45) is 0 Å². The topological polar surface area (TPSA) is 99.8 Å². The highest BCUT2D eigenvalue weighted by Gasteiger charge is 2.27. The van der Waals surface area contributed by atoms with E-state index in [1.807, 2.05) is 0 Å². The first-order valence-electron chi connectivity index (χ1n) is 7.03. The molecule has 0 spiro atoms. The molecule has 8 heteroatoms. The molecule has 116 valence electrons. The largest absolute Gasteiger partial charge is 0.465 e. The number of piperidine rings is 1. The second kappa shape index (κ2) is 5.63. The van der Waals surface area contributed by atoms with E-state index in [1.165, 1.54) is 4.90 Å². The number of benzene rings is 1. The second-order valence-corrected chi connectivity index (χ2v) is 5.38. The van der Waals surface area contributed by atoms with Crippen molar-refractivity contribution in [3.05, 3.63) is 23.8 Å². The third kappa shape index (κ3) is 2.59. The van der Waals surface area contributed by atoms with Crippen LogP contribution in [0.4, 0.5) is 4.79 Å². The van der Waals surface area contributed by atoms with Crippen molar-refractivity contribution < 1.29 is 19.3 Å². The summed E-state index contributed by atoms with van der Waals surface area (Å²) in [7, 11) is 1.74. The fourth-order valence-electron chi connectivity index (χ4n) is 2.73. The molecule has 1 aliphatic rings. The van der Waals surface area contributed by atoms with E-state index >= 15 is 0 Å². The van der Waals surface area contributed by atoms with Crippen LogP contribution in [0.5, 0.6) is 0 Å². The van der Waals surface area contributed by atoms with E-state index in [2.05, 4.69) is 14.9 Å². The molecule has 1 aliphatic heterocycles. The molecule has 0 saturated carbocycles. The normalized spacial score (nSPS) is 16.0. The molecule has 22 heavy (non-hydrogen) atoms. The van der Waals surface area contributed by atoms with E-state index in [0.717, 1.165) is 0 Å². The zero-order valence-electron chi connectivity index (χ0n) is 12.1. The Labute approximate surface area is 126 Å². The highest BCUT2D eigenvalue weighted by Crippen LogP contribution is 2.19. The summed E-state index contributed by atoms with van der Waals surface area (Å²) in [6.07, 6.45) is 0.376. The molecule has 0 atom stereocenters. The van der Waals surface area contributed by atoms with Crippen LogP contribution < -0.4 is 0 Å². The number of rotatable bonds is 2. The predicted octanol–water partition coefficient (Wildman–Crippen LogP) is 1.44. The summed E-state index contributed by atoms with van der Waals surface area (Å²) in [4.78, 5) is 26.5. The Kier molecular flexibility index (Phi) is 3.66. The average Bonchev–Trinajstić information content (AvgIpc) is 3.01. The summed E-state index contributed by atoms with van der Waals surface area (Å²) in [5.74, 6) is -0.112. The van der Waals surface area contributed by atoms with E-state index < -0.39 is 6.09 Å². The van der Waals surface area contributed by atoms with Gasteiger partial charge in [-0.15, -0.1) is 0 Å². The Balaban J connectivity index is 1.70. The number of aromatic nitrogens is 2. The van der Waals surface area contributed by atoms with Crippen LogP contribution in [0.2, 0.25) is 0 Å². The Morgan fingerprint density at radius 1 is 1.27 bits per heavy atom. The molecule has 0 aliphatic carbocycles. The number of hydrogen-bond acceptors (Lipinski definition) is 5. The van der Waals surface area contributed by atoms with Crippen LogP contribution in [0.1, 0.15) is 23.2 Å². The lowest BCUT2D eigenvalue weighted by molar-refractivity contribution is 0.0641. The van der Waals surface area contributed by atoms with Crippen molar-refractivity contribution in [1.29, 1.82) is 0 Å². The number of hydrogen-bond donors (Lipinski definition) is 1. The first-order chi connectivity index (χ1) is 10.6. The van der Waals surface area contributed by atoms with Crippen molar-refractivity contribution in [3.63, 3.8) is 0 Å². The maximum atomic E-state index is 12.5. The van der Waals surface area contributed by atoms with Gasteiger partial charge in [0.25, 0.3) is 5.91 Å². The van der Waals surface area contributed by atoms with Gasteiger partial charge in [0.1, 0.15) is 11.0 Å². The number of carbonyl (C=O) groups is 2. The SMILES string of the molecule is CN(C(=O)c1ccc2nonc2c1)C1CCN(C(=O)O)CC1. The highest BCUT2D eigenvalue weighted by atomic mass is 16.6. The van der Waals surface area contributed by atoms with Crippen molar-refractivity contribution in [2.45, 2.75) is 18.9 Å². The molecule has 1 N–H and O–H groups in total. The Morgan fingerprint density at radius 3 is 2.64 bits per heavy atom. The smallest absolute Gasteiger partial charge is 0.407 e. The van der Waals surface area contributed by atoms with Crippen molar-refractivity contribution in [1.82, 2.24) is 20.1 Å². The summed E-state index contributed by atoms with van der Waals surface area (Å²) >= 11 is 0. The molecule has 1 saturated heterocycles. The molecular formula is C14H16N4O4. The molecule has 0 bridgehead atoms. The van der Waals surface area contributed by atoms with Gasteiger partial charge < -0.3 is 14.9 Å². The van der Waals surface area contributed by atoms with Gasteiger partial charge in [-0.05, 0) is 41.4 Å². The summed E-state index contributed by atoms with van der Waals surface area (Å²) in [5, 5.41) is 16.4. The standard InChI is InChI=1S/C14H16N4O4/c1-17(10-4-6-18(7-5-10)14(20)21)13(19)9-2-3-11-12(8-9)16-22-15-11/h2-3,8,10H,4-7H2,1H3,(H,20,21). The lowest BCUT2D eigenvalue weighted by Gasteiger charge is -2.35. The van der Waals surface area contributed by atoms with Crippen molar-refractivity contribution in [2.75, 3.05) is 20.1 Å². The molecule has 2 heterocycles. The number of nitrogens with zero attached hydrogens (tertiary/aromatic N) is 4. The minimum Gasteiger partial charge on any atom is -0.465 e. The van der Waals surface area contributed by atoms with E-state index in [0.29, 0.717) is 42.5 Å². The fraction of sp³-hybridized carbons (Fsp3) is 0.429. The number of likely N-dealkylation sites (tertiary alicyclic amines) is 1. The molecule has 2 amide bonds. The van der Waals surface area contributed by atoms with Crippen molar-refractivity contribution in [3.8, 4) is 0 Å². The van der Waals surface area contributed by atoms with Crippen LogP contribution in [-0.2, 0) is 0 Å². The van der Waals surface area contributed by atoms with Crippen molar-refractivity contribution >= 4 is 23.0 Å². The maximum Gasteiger partial charge on any atom is 0.407 e. The summed E-state index contributed by atoms with van der Waals surface area (Å²) in [6.45, 7) is 0.897. The van der Waals surface area contributed by atoms with E-state index in [4.69, 9.17) is 5.11 Å². The molecule has 1 aromatic carbocycles. The monoisotopic (exact) mass is 304 g/mol. The summed E-state index contributed by atoms with van der Waals surface area (Å²) < 4.78 is 4.62. The number of fused-ring (bicyclic) bond motifs is 1. The Morgan fingerprint density at radius 2 is 1.95 bits per heavy atom. The van der Waals surface area contributed by atoms with E-state index in [-0.39, 0.29) is 11.9 Å². The molecular weight excluding hydrogens is 288 g/mol. The summed E-state index contributed by atoms with van der Waals surface area (Å²) in [6, 6.07) is 5.07. The van der Waals surface area contributed by atoms with Gasteiger partial charge in [-0.25, -0.2) is 9.42 Å². The number of carboxylic acid groups (broad SMARTS) is 1. The van der Waals surface area contributed by atoms with Crippen LogP contribution in [-0.4, -0.2) is 63.4 Å². The van der Waals surface area contributed by atoms with E-state index in [1.54, 1.807) is 30.1 Å². The van der Waals surface area contributed by atoms with Crippen LogP contribution in [0, 0.1) is 0 Å². The number of amides is 2.